The molecule has 0 unspecified atom stereocenters. The topological polar surface area (TPSA) is 59.3 Å². The van der Waals surface area contributed by atoms with Crippen LogP contribution in [0.25, 0.3) is 0 Å². The summed E-state index contributed by atoms with van der Waals surface area (Å²) in [5.41, 5.74) is 4.27. The molecule has 1 heterocycles. The van der Waals surface area contributed by atoms with E-state index in [9.17, 15) is 18.0 Å². The fourth-order valence-electron chi connectivity index (χ4n) is 2.44. The van der Waals surface area contributed by atoms with Crippen LogP contribution >= 0.6 is 0 Å². The first-order valence-electron chi connectivity index (χ1n) is 6.98. The number of alkyl halides is 3. The first-order valence-corrected chi connectivity index (χ1v) is 6.98. The zero-order valence-corrected chi connectivity index (χ0v) is 12.0. The number of fused-ring (bicyclic) bond motifs is 1. The Morgan fingerprint density at radius 2 is 2.04 bits per heavy atom. The highest BCUT2D eigenvalue weighted by molar-refractivity contribution is 6.04. The van der Waals surface area contributed by atoms with Crippen molar-refractivity contribution in [1.29, 1.82) is 0 Å². The number of halogens is 3. The molecule has 23 heavy (non-hydrogen) atoms. The molecule has 0 bridgehead atoms. The van der Waals surface area contributed by atoms with Gasteiger partial charge in [-0.3, -0.25) is 9.48 Å². The fraction of sp³-hybridized carbons (Fsp3) is 0.267. The number of amides is 1. The van der Waals surface area contributed by atoms with E-state index in [-0.39, 0.29) is 6.54 Å². The van der Waals surface area contributed by atoms with Crippen molar-refractivity contribution in [2.45, 2.75) is 25.6 Å². The fourth-order valence-corrected chi connectivity index (χ4v) is 2.44. The summed E-state index contributed by atoms with van der Waals surface area (Å²) in [4.78, 5) is 11.8. The summed E-state index contributed by atoms with van der Waals surface area (Å²) in [7, 11) is 0. The molecule has 1 aromatic carbocycles. The van der Waals surface area contributed by atoms with Crippen LogP contribution in [0.15, 0.2) is 41.6 Å². The van der Waals surface area contributed by atoms with Gasteiger partial charge in [0.05, 0.1) is 5.71 Å². The van der Waals surface area contributed by atoms with Crippen molar-refractivity contribution in [3.8, 4) is 0 Å². The molecule has 1 aliphatic carbocycles. The number of carbonyl (C=O) groups excluding carboxylic acids is 1. The molecule has 2 aromatic rings. The standard InChI is InChI=1S/C15H13F3N4O/c16-15(17,18)13-7-8-22(21-13)9-14(23)20-19-12-6-5-10-3-1-2-4-11(10)12/h1-4,7-8H,5-6,9H2,(H,20,23)/b19-12-. The second-order valence-corrected chi connectivity index (χ2v) is 5.15. The van der Waals surface area contributed by atoms with E-state index in [2.05, 4.69) is 15.6 Å². The van der Waals surface area contributed by atoms with Crippen molar-refractivity contribution in [1.82, 2.24) is 15.2 Å². The number of rotatable bonds is 3. The number of hydrogen-bond donors (Lipinski definition) is 1. The molecule has 0 saturated carbocycles. The third-order valence-electron chi connectivity index (χ3n) is 3.51. The van der Waals surface area contributed by atoms with Crippen LogP contribution in [0.3, 0.4) is 0 Å². The average molecular weight is 322 g/mol. The molecule has 1 amide bonds. The molecule has 0 radical (unpaired) electrons. The number of hydrogen-bond acceptors (Lipinski definition) is 3. The molecule has 1 aromatic heterocycles. The summed E-state index contributed by atoms with van der Waals surface area (Å²) < 4.78 is 38.2. The zero-order valence-electron chi connectivity index (χ0n) is 12.0. The first kappa shape index (κ1) is 15.3. The maximum atomic E-state index is 12.4. The molecule has 0 atom stereocenters. The second-order valence-electron chi connectivity index (χ2n) is 5.15. The molecule has 1 aliphatic rings. The van der Waals surface area contributed by atoms with Gasteiger partial charge in [-0.25, -0.2) is 5.43 Å². The van der Waals surface area contributed by atoms with E-state index < -0.39 is 17.8 Å². The van der Waals surface area contributed by atoms with Gasteiger partial charge in [-0.2, -0.15) is 23.4 Å². The normalized spacial score (nSPS) is 15.7. The largest absolute Gasteiger partial charge is 0.435 e. The molecule has 0 saturated heterocycles. The van der Waals surface area contributed by atoms with Crippen LogP contribution in [0.2, 0.25) is 0 Å². The highest BCUT2D eigenvalue weighted by Crippen LogP contribution is 2.27. The lowest BCUT2D eigenvalue weighted by Crippen LogP contribution is -2.25. The zero-order chi connectivity index (χ0) is 16.4. The molecular weight excluding hydrogens is 309 g/mol. The lowest BCUT2D eigenvalue weighted by Gasteiger charge is -2.04. The maximum absolute atomic E-state index is 12.4. The molecule has 1 N–H and O–H groups in total. The summed E-state index contributed by atoms with van der Waals surface area (Å²) in [5, 5.41) is 7.39. The summed E-state index contributed by atoms with van der Waals surface area (Å²) in [6.07, 6.45) is -1.82. The van der Waals surface area contributed by atoms with Crippen molar-refractivity contribution < 1.29 is 18.0 Å². The highest BCUT2D eigenvalue weighted by Gasteiger charge is 2.33. The van der Waals surface area contributed by atoms with E-state index in [1.54, 1.807) is 0 Å². The molecule has 3 rings (SSSR count). The molecule has 0 spiro atoms. The second kappa shape index (κ2) is 5.86. The lowest BCUT2D eigenvalue weighted by atomic mass is 10.1. The van der Waals surface area contributed by atoms with Crippen molar-refractivity contribution in [3.63, 3.8) is 0 Å². The van der Waals surface area contributed by atoms with Crippen molar-refractivity contribution in [3.05, 3.63) is 53.3 Å². The van der Waals surface area contributed by atoms with Crippen molar-refractivity contribution in [2.75, 3.05) is 0 Å². The van der Waals surface area contributed by atoms with Gasteiger partial charge in [0.2, 0.25) is 0 Å². The summed E-state index contributed by atoms with van der Waals surface area (Å²) in [5.74, 6) is -0.529. The van der Waals surface area contributed by atoms with Crippen molar-refractivity contribution in [2.24, 2.45) is 5.10 Å². The van der Waals surface area contributed by atoms with Gasteiger partial charge >= 0.3 is 6.18 Å². The minimum Gasteiger partial charge on any atom is -0.271 e. The number of nitrogens with one attached hydrogen (secondary N) is 1. The first-order chi connectivity index (χ1) is 10.9. The number of hydrazone groups is 1. The van der Waals surface area contributed by atoms with Gasteiger partial charge in [0.25, 0.3) is 5.91 Å². The number of aromatic nitrogens is 2. The minimum absolute atomic E-state index is 0.325. The van der Waals surface area contributed by atoms with Gasteiger partial charge < -0.3 is 0 Å². The van der Waals surface area contributed by atoms with E-state index in [1.807, 2.05) is 24.3 Å². The Labute approximate surface area is 129 Å². The third kappa shape index (κ3) is 3.41. The van der Waals surface area contributed by atoms with Gasteiger partial charge in [-0.05, 0) is 24.5 Å². The van der Waals surface area contributed by atoms with Gasteiger partial charge in [0.1, 0.15) is 6.54 Å². The monoisotopic (exact) mass is 322 g/mol. The van der Waals surface area contributed by atoms with Crippen molar-refractivity contribution >= 4 is 11.6 Å². The number of carbonyl (C=O) groups is 1. The summed E-state index contributed by atoms with van der Waals surface area (Å²) in [6, 6.07) is 8.59. The van der Waals surface area contributed by atoms with Gasteiger partial charge in [-0.15, -0.1) is 0 Å². The van der Waals surface area contributed by atoms with E-state index in [4.69, 9.17) is 0 Å². The van der Waals surface area contributed by atoms with E-state index >= 15 is 0 Å². The molecule has 0 aliphatic heterocycles. The minimum atomic E-state index is -4.52. The highest BCUT2D eigenvalue weighted by atomic mass is 19.4. The Balaban J connectivity index is 1.63. The Hall–Kier alpha value is -2.64. The maximum Gasteiger partial charge on any atom is 0.435 e. The van der Waals surface area contributed by atoms with E-state index in [0.29, 0.717) is 0 Å². The third-order valence-corrected chi connectivity index (χ3v) is 3.51. The smallest absolute Gasteiger partial charge is 0.271 e. The van der Waals surface area contributed by atoms with Crippen LogP contribution in [0.5, 0.6) is 0 Å². The van der Waals surface area contributed by atoms with Crippen LogP contribution in [-0.4, -0.2) is 21.4 Å². The predicted molar refractivity (Wildman–Crippen MR) is 76.7 cm³/mol. The molecular formula is C15H13F3N4O. The molecule has 120 valence electrons. The van der Waals surface area contributed by atoms with Crippen LogP contribution in [0, 0.1) is 0 Å². The van der Waals surface area contributed by atoms with E-state index in [0.717, 1.165) is 41.1 Å². The Bertz CT molecular complexity index is 764. The van der Waals surface area contributed by atoms with Crippen LogP contribution in [0.1, 0.15) is 23.2 Å². The summed E-state index contributed by atoms with van der Waals surface area (Å²) >= 11 is 0. The van der Waals surface area contributed by atoms with E-state index in [1.165, 1.54) is 5.56 Å². The predicted octanol–water partition coefficient (Wildman–Crippen LogP) is 2.37. The number of benzene rings is 1. The van der Waals surface area contributed by atoms with Crippen LogP contribution in [-0.2, 0) is 23.9 Å². The Morgan fingerprint density at radius 1 is 1.26 bits per heavy atom. The van der Waals surface area contributed by atoms with Gasteiger partial charge in [-0.1, -0.05) is 24.3 Å². The quantitative estimate of drug-likeness (QED) is 0.882. The molecule has 5 nitrogen and oxygen atoms in total. The Kier molecular flexibility index (Phi) is 3.89. The molecule has 8 heteroatoms. The summed E-state index contributed by atoms with van der Waals surface area (Å²) in [6.45, 7) is -0.325. The number of aryl methyl sites for hydroxylation is 1. The van der Waals surface area contributed by atoms with Gasteiger partial charge in [0, 0.05) is 11.8 Å². The van der Waals surface area contributed by atoms with Crippen LogP contribution in [0.4, 0.5) is 13.2 Å². The SMILES string of the molecule is O=C(Cn1ccc(C(F)(F)F)n1)N/N=C1/CCc2ccccc21. The number of nitrogens with zero attached hydrogens (tertiary/aromatic N) is 3. The molecule has 0 fully saturated rings. The lowest BCUT2D eigenvalue weighted by molar-refractivity contribution is -0.141. The van der Waals surface area contributed by atoms with Gasteiger partial charge in [0.15, 0.2) is 5.69 Å². The average Bonchev–Trinajstić information content (AvgIpc) is 3.11. The Morgan fingerprint density at radius 3 is 2.78 bits per heavy atom. The van der Waals surface area contributed by atoms with Crippen LogP contribution < -0.4 is 5.43 Å².